The number of hydrogen-bond acceptors (Lipinski definition) is 3. The molecule has 3 N–H and O–H groups in total. The van der Waals surface area contributed by atoms with Gasteiger partial charge < -0.3 is 0 Å². The lowest BCUT2D eigenvalue weighted by Crippen LogP contribution is -2.30. The van der Waals surface area contributed by atoms with Crippen LogP contribution in [0.1, 0.15) is 11.1 Å². The van der Waals surface area contributed by atoms with E-state index in [9.17, 15) is 8.42 Å². The van der Waals surface area contributed by atoms with Crippen LogP contribution in [0.15, 0.2) is 23.1 Å². The third-order valence-electron chi connectivity index (χ3n) is 1.66. The van der Waals surface area contributed by atoms with Gasteiger partial charge in [-0.1, -0.05) is 6.07 Å². The summed E-state index contributed by atoms with van der Waals surface area (Å²) >= 11 is 0. The minimum absolute atomic E-state index is 0.201. The van der Waals surface area contributed by atoms with Gasteiger partial charge >= 0.3 is 0 Å². The van der Waals surface area contributed by atoms with Gasteiger partial charge in [0.15, 0.2) is 0 Å². The Morgan fingerprint density at radius 1 is 1.15 bits per heavy atom. The SMILES string of the molecule is Cc1cc(C)cc(S(=O)(=O)NN)c1. The topological polar surface area (TPSA) is 72.2 Å². The first-order valence-corrected chi connectivity index (χ1v) is 5.25. The summed E-state index contributed by atoms with van der Waals surface area (Å²) in [6.07, 6.45) is 0. The van der Waals surface area contributed by atoms with E-state index in [0.29, 0.717) is 0 Å². The van der Waals surface area contributed by atoms with Crippen molar-refractivity contribution in [3.8, 4) is 0 Å². The van der Waals surface area contributed by atoms with Crippen LogP contribution in [0.5, 0.6) is 0 Å². The van der Waals surface area contributed by atoms with Crippen molar-refractivity contribution in [2.24, 2.45) is 5.84 Å². The summed E-state index contributed by atoms with van der Waals surface area (Å²) in [5.74, 6) is 4.90. The smallest absolute Gasteiger partial charge is 0.253 e. The fraction of sp³-hybridized carbons (Fsp3) is 0.250. The Morgan fingerprint density at radius 3 is 2.00 bits per heavy atom. The molecule has 5 heteroatoms. The summed E-state index contributed by atoms with van der Waals surface area (Å²) in [7, 11) is -3.52. The number of hydrogen-bond donors (Lipinski definition) is 2. The van der Waals surface area contributed by atoms with Crippen molar-refractivity contribution in [2.45, 2.75) is 18.7 Å². The normalized spacial score (nSPS) is 11.6. The van der Waals surface area contributed by atoms with Crippen molar-refractivity contribution in [2.75, 3.05) is 0 Å². The van der Waals surface area contributed by atoms with Gasteiger partial charge in [-0.15, -0.1) is 0 Å². The van der Waals surface area contributed by atoms with Crippen LogP contribution in [0.2, 0.25) is 0 Å². The third-order valence-corrected chi connectivity index (χ3v) is 2.83. The highest BCUT2D eigenvalue weighted by molar-refractivity contribution is 7.89. The quantitative estimate of drug-likeness (QED) is 0.538. The summed E-state index contributed by atoms with van der Waals surface area (Å²) in [6.45, 7) is 3.67. The summed E-state index contributed by atoms with van der Waals surface area (Å²) in [4.78, 5) is 1.99. The van der Waals surface area contributed by atoms with Crippen LogP contribution in [0.4, 0.5) is 0 Å². The molecule has 0 radical (unpaired) electrons. The second-order valence-electron chi connectivity index (χ2n) is 2.94. The Labute approximate surface area is 77.8 Å². The maximum absolute atomic E-state index is 11.3. The molecular weight excluding hydrogens is 188 g/mol. The summed E-state index contributed by atoms with van der Waals surface area (Å²) in [6, 6.07) is 5.04. The minimum Gasteiger partial charge on any atom is -0.257 e. The zero-order valence-electron chi connectivity index (χ0n) is 7.53. The lowest BCUT2D eigenvalue weighted by atomic mass is 10.2. The van der Waals surface area contributed by atoms with E-state index >= 15 is 0 Å². The van der Waals surface area contributed by atoms with Gasteiger partial charge in [0.25, 0.3) is 10.0 Å². The molecule has 4 nitrogen and oxygen atoms in total. The highest BCUT2D eigenvalue weighted by Crippen LogP contribution is 2.13. The Bertz CT molecular complexity index is 392. The molecule has 0 unspecified atom stereocenters. The van der Waals surface area contributed by atoms with Crippen LogP contribution in [0.3, 0.4) is 0 Å². The van der Waals surface area contributed by atoms with Gasteiger partial charge in [-0.25, -0.2) is 8.42 Å². The lowest BCUT2D eigenvalue weighted by Gasteiger charge is -2.04. The van der Waals surface area contributed by atoms with Gasteiger partial charge in [0.1, 0.15) is 0 Å². The molecule has 13 heavy (non-hydrogen) atoms. The predicted molar refractivity (Wildman–Crippen MR) is 50.4 cm³/mol. The van der Waals surface area contributed by atoms with Crippen LogP contribution in [-0.2, 0) is 10.0 Å². The first-order chi connectivity index (χ1) is 5.95. The van der Waals surface area contributed by atoms with Crippen LogP contribution in [0, 0.1) is 13.8 Å². The van der Waals surface area contributed by atoms with E-state index in [1.165, 1.54) is 0 Å². The summed E-state index contributed by atoms with van der Waals surface area (Å²) < 4.78 is 22.5. The first kappa shape index (κ1) is 10.2. The van der Waals surface area contributed by atoms with Crippen LogP contribution in [-0.4, -0.2) is 8.42 Å². The van der Waals surface area contributed by atoms with Crippen molar-refractivity contribution in [3.63, 3.8) is 0 Å². The molecule has 0 atom stereocenters. The minimum atomic E-state index is -3.52. The number of nitrogens with one attached hydrogen (secondary N) is 1. The number of aryl methyl sites for hydroxylation is 2. The molecule has 0 aliphatic rings. The van der Waals surface area contributed by atoms with Gasteiger partial charge in [-0.3, -0.25) is 5.84 Å². The molecule has 0 fully saturated rings. The molecule has 0 saturated heterocycles. The van der Waals surface area contributed by atoms with E-state index in [0.717, 1.165) is 11.1 Å². The molecule has 1 rings (SSSR count). The molecule has 1 aromatic carbocycles. The van der Waals surface area contributed by atoms with Crippen molar-refractivity contribution >= 4 is 10.0 Å². The molecule has 0 bridgehead atoms. The van der Waals surface area contributed by atoms with Crippen molar-refractivity contribution in [3.05, 3.63) is 29.3 Å². The van der Waals surface area contributed by atoms with E-state index in [2.05, 4.69) is 0 Å². The molecule has 72 valence electrons. The fourth-order valence-corrected chi connectivity index (χ4v) is 1.97. The predicted octanol–water partition coefficient (Wildman–Crippen LogP) is 0.455. The van der Waals surface area contributed by atoms with Crippen molar-refractivity contribution in [1.29, 1.82) is 0 Å². The van der Waals surface area contributed by atoms with Crippen LogP contribution in [0.25, 0.3) is 0 Å². The zero-order chi connectivity index (χ0) is 10.1. The number of nitrogens with two attached hydrogens (primary N) is 1. The third kappa shape index (κ3) is 2.27. The summed E-state index contributed by atoms with van der Waals surface area (Å²) in [5.41, 5.74) is 1.79. The maximum Gasteiger partial charge on any atom is 0.253 e. The number of hydrazine groups is 1. The van der Waals surface area contributed by atoms with Crippen LogP contribution >= 0.6 is 0 Å². The van der Waals surface area contributed by atoms with Crippen molar-refractivity contribution < 1.29 is 8.42 Å². The molecule has 0 saturated carbocycles. The Hall–Kier alpha value is -0.910. The molecule has 1 aromatic rings. The Kier molecular flexibility index (Phi) is 2.70. The van der Waals surface area contributed by atoms with E-state index in [1.807, 2.05) is 19.9 Å². The van der Waals surface area contributed by atoms with Crippen LogP contribution < -0.4 is 10.7 Å². The summed E-state index contributed by atoms with van der Waals surface area (Å²) in [5, 5.41) is 0. The second-order valence-corrected chi connectivity index (χ2v) is 4.66. The molecule has 0 heterocycles. The molecule has 0 aliphatic carbocycles. The molecule has 0 aromatic heterocycles. The number of sulfonamides is 1. The Morgan fingerprint density at radius 2 is 1.62 bits per heavy atom. The van der Waals surface area contributed by atoms with Gasteiger partial charge in [0, 0.05) is 0 Å². The standard InChI is InChI=1S/C8H12N2O2S/c1-6-3-7(2)5-8(4-6)13(11,12)10-9/h3-5,10H,9H2,1-2H3. The Balaban J connectivity index is 3.32. The number of benzene rings is 1. The molecule has 0 amide bonds. The van der Waals surface area contributed by atoms with Gasteiger partial charge in [-0.05, 0) is 37.1 Å². The zero-order valence-corrected chi connectivity index (χ0v) is 8.35. The fourth-order valence-electron chi connectivity index (χ4n) is 1.16. The molecule has 0 aliphatic heterocycles. The average molecular weight is 200 g/mol. The molecule has 0 spiro atoms. The van der Waals surface area contributed by atoms with Gasteiger partial charge in [-0.2, -0.15) is 4.83 Å². The average Bonchev–Trinajstić information content (AvgIpc) is 2.02. The van der Waals surface area contributed by atoms with Crippen molar-refractivity contribution in [1.82, 2.24) is 4.83 Å². The molecular formula is C8H12N2O2S. The van der Waals surface area contributed by atoms with E-state index in [1.54, 1.807) is 17.0 Å². The monoisotopic (exact) mass is 200 g/mol. The van der Waals surface area contributed by atoms with Gasteiger partial charge in [0.2, 0.25) is 0 Å². The highest BCUT2D eigenvalue weighted by atomic mass is 32.2. The first-order valence-electron chi connectivity index (χ1n) is 3.76. The van der Waals surface area contributed by atoms with E-state index in [4.69, 9.17) is 5.84 Å². The van der Waals surface area contributed by atoms with E-state index < -0.39 is 10.0 Å². The largest absolute Gasteiger partial charge is 0.257 e. The van der Waals surface area contributed by atoms with E-state index in [-0.39, 0.29) is 4.90 Å². The lowest BCUT2D eigenvalue weighted by molar-refractivity contribution is 0.584. The maximum atomic E-state index is 11.3. The van der Waals surface area contributed by atoms with Gasteiger partial charge in [0.05, 0.1) is 4.90 Å². The second kappa shape index (κ2) is 3.45. The number of rotatable bonds is 2. The highest BCUT2D eigenvalue weighted by Gasteiger charge is 2.11.